The molecule has 0 bridgehead atoms. The van der Waals surface area contributed by atoms with Crippen molar-refractivity contribution in [1.82, 2.24) is 15.1 Å². The van der Waals surface area contributed by atoms with Crippen molar-refractivity contribution in [2.45, 2.75) is 25.9 Å². The summed E-state index contributed by atoms with van der Waals surface area (Å²) in [5.41, 5.74) is 0.241. The van der Waals surface area contributed by atoms with Crippen LogP contribution in [0.25, 0.3) is 0 Å². The van der Waals surface area contributed by atoms with Crippen molar-refractivity contribution in [2.24, 2.45) is 0 Å². The Morgan fingerprint density at radius 3 is 2.68 bits per heavy atom. The highest BCUT2D eigenvalue weighted by Gasteiger charge is 2.28. The summed E-state index contributed by atoms with van der Waals surface area (Å²) >= 11 is 5.35. The van der Waals surface area contributed by atoms with Gasteiger partial charge in [0.1, 0.15) is 0 Å². The zero-order valence-corrected chi connectivity index (χ0v) is 14.5. The summed E-state index contributed by atoms with van der Waals surface area (Å²) in [6, 6.07) is 2.22. The Hall–Kier alpha value is 0.0600. The number of thiophene rings is 1. The SMILES string of the molecule is CN(Cc1cc(Br)cs1)CC(C)(C)N1CCNCC1. The number of piperazine rings is 1. The van der Waals surface area contributed by atoms with Crippen molar-refractivity contribution in [3.05, 3.63) is 20.8 Å². The first-order valence-corrected chi connectivity index (χ1v) is 8.52. The van der Waals surface area contributed by atoms with Gasteiger partial charge in [-0.25, -0.2) is 0 Å². The van der Waals surface area contributed by atoms with E-state index in [-0.39, 0.29) is 5.54 Å². The molecule has 0 aliphatic carbocycles. The van der Waals surface area contributed by atoms with Gasteiger partial charge in [-0.1, -0.05) is 0 Å². The van der Waals surface area contributed by atoms with Gasteiger partial charge >= 0.3 is 0 Å². The molecule has 0 unspecified atom stereocenters. The predicted molar refractivity (Wildman–Crippen MR) is 86.9 cm³/mol. The van der Waals surface area contributed by atoms with Gasteiger partial charge in [0.15, 0.2) is 0 Å². The van der Waals surface area contributed by atoms with E-state index in [0.29, 0.717) is 0 Å². The Kier molecular flexibility index (Phi) is 5.43. The van der Waals surface area contributed by atoms with Gasteiger partial charge in [0.25, 0.3) is 0 Å². The molecule has 1 saturated heterocycles. The van der Waals surface area contributed by atoms with Gasteiger partial charge in [-0.2, -0.15) is 0 Å². The Labute approximate surface area is 129 Å². The van der Waals surface area contributed by atoms with Gasteiger partial charge in [0.05, 0.1) is 0 Å². The molecule has 0 radical (unpaired) electrons. The van der Waals surface area contributed by atoms with E-state index in [2.05, 4.69) is 63.4 Å². The third kappa shape index (κ3) is 4.53. The summed E-state index contributed by atoms with van der Waals surface area (Å²) in [5, 5.41) is 5.58. The van der Waals surface area contributed by atoms with Gasteiger partial charge in [-0.3, -0.25) is 9.80 Å². The van der Waals surface area contributed by atoms with E-state index >= 15 is 0 Å². The lowest BCUT2D eigenvalue weighted by Crippen LogP contribution is -2.57. The van der Waals surface area contributed by atoms with Crippen LogP contribution in [0.3, 0.4) is 0 Å². The minimum absolute atomic E-state index is 0.241. The zero-order valence-electron chi connectivity index (χ0n) is 12.1. The number of hydrogen-bond donors (Lipinski definition) is 1. The average Bonchev–Trinajstić information content (AvgIpc) is 2.75. The van der Waals surface area contributed by atoms with Crippen molar-refractivity contribution < 1.29 is 0 Å². The topological polar surface area (TPSA) is 18.5 Å². The predicted octanol–water partition coefficient (Wildman–Crippen LogP) is 2.63. The maximum atomic E-state index is 3.52. The highest BCUT2D eigenvalue weighted by molar-refractivity contribution is 9.10. The lowest BCUT2D eigenvalue weighted by Gasteiger charge is -2.43. The highest BCUT2D eigenvalue weighted by Crippen LogP contribution is 2.22. The lowest BCUT2D eigenvalue weighted by atomic mass is 10.0. The fourth-order valence-electron chi connectivity index (χ4n) is 2.79. The monoisotopic (exact) mass is 345 g/mol. The van der Waals surface area contributed by atoms with Gasteiger partial charge < -0.3 is 5.32 Å². The normalized spacial score (nSPS) is 18.2. The third-order valence-corrected chi connectivity index (χ3v) is 5.36. The number of nitrogens with one attached hydrogen (secondary N) is 1. The Bertz CT molecular complexity index is 399. The lowest BCUT2D eigenvalue weighted by molar-refractivity contribution is 0.0696. The van der Waals surface area contributed by atoms with Crippen molar-refractivity contribution in [3.63, 3.8) is 0 Å². The second-order valence-electron chi connectivity index (χ2n) is 5.95. The van der Waals surface area contributed by atoms with Crippen molar-refractivity contribution >= 4 is 27.3 Å². The quantitative estimate of drug-likeness (QED) is 0.884. The molecule has 1 aliphatic rings. The summed E-state index contributed by atoms with van der Waals surface area (Å²) in [4.78, 5) is 6.45. The summed E-state index contributed by atoms with van der Waals surface area (Å²) in [5.74, 6) is 0. The molecule has 19 heavy (non-hydrogen) atoms. The number of rotatable bonds is 5. The Balaban J connectivity index is 1.87. The van der Waals surface area contributed by atoms with Crippen molar-refractivity contribution in [3.8, 4) is 0 Å². The molecular formula is C14H24BrN3S. The van der Waals surface area contributed by atoms with Gasteiger partial charge in [-0.15, -0.1) is 11.3 Å². The number of halogens is 1. The van der Waals surface area contributed by atoms with E-state index in [1.54, 1.807) is 0 Å². The van der Waals surface area contributed by atoms with Gasteiger partial charge in [0, 0.05) is 59.5 Å². The first kappa shape index (κ1) is 15.4. The molecule has 1 fully saturated rings. The van der Waals surface area contributed by atoms with Crippen LogP contribution in [0.15, 0.2) is 15.9 Å². The fraction of sp³-hybridized carbons (Fsp3) is 0.714. The highest BCUT2D eigenvalue weighted by atomic mass is 79.9. The van der Waals surface area contributed by atoms with E-state index in [4.69, 9.17) is 0 Å². The first-order valence-electron chi connectivity index (χ1n) is 6.84. The van der Waals surface area contributed by atoms with Crippen LogP contribution >= 0.6 is 27.3 Å². The van der Waals surface area contributed by atoms with Crippen molar-refractivity contribution in [2.75, 3.05) is 39.8 Å². The van der Waals surface area contributed by atoms with Crippen LogP contribution in [-0.4, -0.2) is 55.1 Å². The fourth-order valence-corrected chi connectivity index (χ4v) is 4.32. The van der Waals surface area contributed by atoms with E-state index in [9.17, 15) is 0 Å². The summed E-state index contributed by atoms with van der Waals surface area (Å²) < 4.78 is 1.20. The van der Waals surface area contributed by atoms with Gasteiger partial charge in [-0.05, 0) is 42.9 Å². The molecule has 0 aromatic carbocycles. The van der Waals surface area contributed by atoms with Crippen LogP contribution in [0.4, 0.5) is 0 Å². The molecule has 0 amide bonds. The van der Waals surface area contributed by atoms with Crippen molar-refractivity contribution in [1.29, 1.82) is 0 Å². The van der Waals surface area contributed by atoms with Crippen LogP contribution in [0.5, 0.6) is 0 Å². The standard InChI is InChI=1S/C14H24BrN3S/c1-14(2,18-6-4-16-5-7-18)11-17(3)9-13-8-12(15)10-19-13/h8,10,16H,4-7,9,11H2,1-3H3. The second-order valence-corrected chi connectivity index (χ2v) is 7.86. The van der Waals surface area contributed by atoms with E-state index in [0.717, 1.165) is 39.3 Å². The van der Waals surface area contributed by atoms with E-state index in [1.807, 2.05) is 11.3 Å². The van der Waals surface area contributed by atoms with E-state index < -0.39 is 0 Å². The largest absolute Gasteiger partial charge is 0.314 e. The Morgan fingerprint density at radius 1 is 1.42 bits per heavy atom. The molecule has 0 saturated carbocycles. The molecule has 2 heterocycles. The molecule has 0 atom stereocenters. The number of nitrogens with zero attached hydrogens (tertiary/aromatic N) is 2. The molecule has 1 aliphatic heterocycles. The minimum atomic E-state index is 0.241. The zero-order chi connectivity index (χ0) is 13.9. The average molecular weight is 346 g/mol. The minimum Gasteiger partial charge on any atom is -0.314 e. The summed E-state index contributed by atoms with van der Waals surface area (Å²) in [6.45, 7) is 11.4. The maximum Gasteiger partial charge on any atom is 0.0326 e. The van der Waals surface area contributed by atoms with Crippen LogP contribution in [0, 0.1) is 0 Å². The summed E-state index contributed by atoms with van der Waals surface area (Å²) in [7, 11) is 2.22. The van der Waals surface area contributed by atoms with Crippen LogP contribution in [0.1, 0.15) is 18.7 Å². The van der Waals surface area contributed by atoms with Crippen LogP contribution < -0.4 is 5.32 Å². The number of hydrogen-bond acceptors (Lipinski definition) is 4. The molecule has 1 aromatic heterocycles. The van der Waals surface area contributed by atoms with E-state index in [1.165, 1.54) is 9.35 Å². The smallest absolute Gasteiger partial charge is 0.0326 e. The van der Waals surface area contributed by atoms with Gasteiger partial charge in [0.2, 0.25) is 0 Å². The van der Waals surface area contributed by atoms with Crippen LogP contribution in [0.2, 0.25) is 0 Å². The molecule has 3 nitrogen and oxygen atoms in total. The number of likely N-dealkylation sites (N-methyl/N-ethyl adjacent to an activating group) is 1. The molecule has 2 rings (SSSR count). The second kappa shape index (κ2) is 6.68. The molecule has 108 valence electrons. The third-order valence-electron chi connectivity index (χ3n) is 3.68. The molecular weight excluding hydrogens is 322 g/mol. The molecule has 0 spiro atoms. The maximum absolute atomic E-state index is 3.52. The molecule has 1 N–H and O–H groups in total. The summed E-state index contributed by atoms with van der Waals surface area (Å²) in [6.07, 6.45) is 0. The Morgan fingerprint density at radius 2 is 2.11 bits per heavy atom. The first-order chi connectivity index (χ1) is 8.97. The molecule has 1 aromatic rings. The van der Waals surface area contributed by atoms with Crippen LogP contribution in [-0.2, 0) is 6.54 Å². The molecule has 5 heteroatoms.